The van der Waals surface area contributed by atoms with Crippen LogP contribution in [0.5, 0.6) is 0 Å². The first kappa shape index (κ1) is 13.0. The molecule has 0 aromatic heterocycles. The van der Waals surface area contributed by atoms with Crippen molar-refractivity contribution in [2.45, 2.75) is 20.3 Å². The van der Waals surface area contributed by atoms with Crippen molar-refractivity contribution in [3.63, 3.8) is 0 Å². The van der Waals surface area contributed by atoms with Crippen LogP contribution < -0.4 is 0 Å². The Morgan fingerprint density at radius 2 is 2.08 bits per heavy atom. The minimum Gasteiger partial charge on any atom is -0.309 e. The predicted octanol–water partition coefficient (Wildman–Crippen LogP) is 1.90. The summed E-state index contributed by atoms with van der Waals surface area (Å²) in [6, 6.07) is 0. The highest BCUT2D eigenvalue weighted by atomic mass is 32.2. The van der Waals surface area contributed by atoms with Crippen molar-refractivity contribution in [2.24, 2.45) is 5.92 Å². The number of hydrogen-bond donors (Lipinski definition) is 0. The van der Waals surface area contributed by atoms with Gasteiger partial charge < -0.3 is 4.90 Å². The molecule has 0 aliphatic heterocycles. The standard InChI is InChI=1S/C10H21NOS/c1-5-9(2)10(12)8-13-7-6-11(3)4/h9H,5-8H2,1-4H3. The van der Waals surface area contributed by atoms with Gasteiger partial charge in [-0.05, 0) is 20.5 Å². The fraction of sp³-hybridized carbons (Fsp3) is 0.900. The molecule has 3 heteroatoms. The van der Waals surface area contributed by atoms with Crippen LogP contribution in [0.3, 0.4) is 0 Å². The first-order valence-electron chi connectivity index (χ1n) is 4.83. The lowest BCUT2D eigenvalue weighted by molar-refractivity contribution is -0.119. The molecule has 0 aliphatic carbocycles. The summed E-state index contributed by atoms with van der Waals surface area (Å²) in [7, 11) is 4.11. The molecule has 0 heterocycles. The minimum absolute atomic E-state index is 0.242. The zero-order valence-electron chi connectivity index (χ0n) is 9.17. The number of hydrogen-bond acceptors (Lipinski definition) is 3. The number of rotatable bonds is 7. The van der Waals surface area contributed by atoms with Crippen molar-refractivity contribution >= 4 is 17.5 Å². The molecule has 0 fully saturated rings. The minimum atomic E-state index is 0.242. The third-order valence-electron chi connectivity index (χ3n) is 2.09. The largest absolute Gasteiger partial charge is 0.309 e. The van der Waals surface area contributed by atoms with Crippen LogP contribution in [0.1, 0.15) is 20.3 Å². The fourth-order valence-electron chi connectivity index (χ4n) is 0.790. The van der Waals surface area contributed by atoms with E-state index in [1.165, 1.54) is 0 Å². The Labute approximate surface area is 86.1 Å². The highest BCUT2D eigenvalue weighted by Gasteiger charge is 2.09. The second-order valence-corrected chi connectivity index (χ2v) is 4.74. The van der Waals surface area contributed by atoms with E-state index in [1.54, 1.807) is 11.8 Å². The summed E-state index contributed by atoms with van der Waals surface area (Å²) in [6.45, 7) is 5.13. The van der Waals surface area contributed by atoms with Gasteiger partial charge in [0.25, 0.3) is 0 Å². The van der Waals surface area contributed by atoms with E-state index in [2.05, 4.69) is 25.9 Å². The first-order valence-corrected chi connectivity index (χ1v) is 5.98. The average Bonchev–Trinajstić information content (AvgIpc) is 2.10. The zero-order chi connectivity index (χ0) is 10.3. The van der Waals surface area contributed by atoms with Gasteiger partial charge in [-0.15, -0.1) is 0 Å². The SMILES string of the molecule is CCC(C)C(=O)CSCCN(C)C. The van der Waals surface area contributed by atoms with Gasteiger partial charge in [-0.1, -0.05) is 13.8 Å². The molecule has 0 aromatic carbocycles. The average molecular weight is 203 g/mol. The molecule has 1 atom stereocenters. The van der Waals surface area contributed by atoms with Crippen molar-refractivity contribution in [2.75, 3.05) is 32.1 Å². The van der Waals surface area contributed by atoms with Crippen molar-refractivity contribution in [1.82, 2.24) is 4.90 Å². The van der Waals surface area contributed by atoms with E-state index >= 15 is 0 Å². The van der Waals surface area contributed by atoms with E-state index in [4.69, 9.17) is 0 Å². The smallest absolute Gasteiger partial charge is 0.145 e. The van der Waals surface area contributed by atoms with E-state index in [0.717, 1.165) is 18.7 Å². The third-order valence-corrected chi connectivity index (χ3v) is 3.05. The Bertz CT molecular complexity index is 148. The van der Waals surface area contributed by atoms with Gasteiger partial charge in [0.15, 0.2) is 0 Å². The summed E-state index contributed by atoms with van der Waals surface area (Å²) in [6.07, 6.45) is 0.965. The van der Waals surface area contributed by atoms with Crippen molar-refractivity contribution in [1.29, 1.82) is 0 Å². The molecular weight excluding hydrogens is 182 g/mol. The van der Waals surface area contributed by atoms with E-state index in [9.17, 15) is 4.79 Å². The Morgan fingerprint density at radius 3 is 2.54 bits per heavy atom. The van der Waals surface area contributed by atoms with Gasteiger partial charge in [0.1, 0.15) is 5.78 Å². The summed E-state index contributed by atoms with van der Waals surface area (Å²) < 4.78 is 0. The number of carbonyl (C=O) groups excluding carboxylic acids is 1. The van der Waals surface area contributed by atoms with E-state index in [1.807, 2.05) is 6.92 Å². The monoisotopic (exact) mass is 203 g/mol. The van der Waals surface area contributed by atoms with Crippen molar-refractivity contribution in [3.05, 3.63) is 0 Å². The number of ketones is 1. The number of thioether (sulfide) groups is 1. The molecule has 0 saturated heterocycles. The number of Topliss-reactive ketones (excluding diaryl/α,β-unsaturated/α-hetero) is 1. The molecule has 0 amide bonds. The topological polar surface area (TPSA) is 20.3 Å². The summed E-state index contributed by atoms with van der Waals surface area (Å²) in [5, 5.41) is 0. The Hall–Kier alpha value is -0.0200. The lowest BCUT2D eigenvalue weighted by Crippen LogP contribution is -2.17. The molecule has 2 nitrogen and oxygen atoms in total. The van der Waals surface area contributed by atoms with Crippen LogP contribution >= 0.6 is 11.8 Å². The Kier molecular flexibility index (Phi) is 7.38. The van der Waals surface area contributed by atoms with Crippen LogP contribution in [0.25, 0.3) is 0 Å². The molecule has 1 unspecified atom stereocenters. The maximum Gasteiger partial charge on any atom is 0.145 e. The van der Waals surface area contributed by atoms with Crippen molar-refractivity contribution in [3.8, 4) is 0 Å². The third kappa shape index (κ3) is 7.08. The predicted molar refractivity (Wildman–Crippen MR) is 60.3 cm³/mol. The number of carbonyl (C=O) groups is 1. The first-order chi connectivity index (χ1) is 6.07. The summed E-state index contributed by atoms with van der Waals surface area (Å²) in [5.41, 5.74) is 0. The van der Waals surface area contributed by atoms with Gasteiger partial charge in [-0.3, -0.25) is 4.79 Å². The van der Waals surface area contributed by atoms with Crippen LogP contribution in [-0.4, -0.2) is 42.8 Å². The number of nitrogens with zero attached hydrogens (tertiary/aromatic N) is 1. The van der Waals surface area contributed by atoms with Crippen molar-refractivity contribution < 1.29 is 4.79 Å². The van der Waals surface area contributed by atoms with Crippen LogP contribution in [-0.2, 0) is 4.79 Å². The van der Waals surface area contributed by atoms with Gasteiger partial charge in [0.05, 0.1) is 5.75 Å². The van der Waals surface area contributed by atoms with E-state index in [-0.39, 0.29) is 5.92 Å². The Balaban J connectivity index is 3.37. The molecule has 0 bridgehead atoms. The second kappa shape index (κ2) is 7.39. The van der Waals surface area contributed by atoms with Gasteiger partial charge >= 0.3 is 0 Å². The Morgan fingerprint density at radius 1 is 1.46 bits per heavy atom. The lowest BCUT2D eigenvalue weighted by Gasteiger charge is -2.09. The van der Waals surface area contributed by atoms with Gasteiger partial charge in [-0.2, -0.15) is 11.8 Å². The molecule has 0 saturated carbocycles. The molecule has 0 rings (SSSR count). The normalized spacial score (nSPS) is 13.3. The van der Waals surface area contributed by atoms with Crippen LogP contribution in [0.4, 0.5) is 0 Å². The highest BCUT2D eigenvalue weighted by Crippen LogP contribution is 2.08. The van der Waals surface area contributed by atoms with Gasteiger partial charge in [-0.25, -0.2) is 0 Å². The lowest BCUT2D eigenvalue weighted by atomic mass is 10.1. The summed E-state index contributed by atoms with van der Waals surface area (Å²) >= 11 is 1.74. The maximum absolute atomic E-state index is 11.4. The van der Waals surface area contributed by atoms with E-state index in [0.29, 0.717) is 11.5 Å². The molecule has 0 N–H and O–H groups in total. The summed E-state index contributed by atoms with van der Waals surface area (Å²) in [4.78, 5) is 13.5. The van der Waals surface area contributed by atoms with Crippen LogP contribution in [0, 0.1) is 5.92 Å². The van der Waals surface area contributed by atoms with Gasteiger partial charge in [0.2, 0.25) is 0 Å². The van der Waals surface area contributed by atoms with Crippen LogP contribution in [0.15, 0.2) is 0 Å². The molecule has 78 valence electrons. The fourth-order valence-corrected chi connectivity index (χ4v) is 1.91. The zero-order valence-corrected chi connectivity index (χ0v) is 9.99. The highest BCUT2D eigenvalue weighted by molar-refractivity contribution is 7.99. The molecule has 0 aromatic rings. The van der Waals surface area contributed by atoms with E-state index < -0.39 is 0 Å². The van der Waals surface area contributed by atoms with Crippen LogP contribution in [0.2, 0.25) is 0 Å². The maximum atomic E-state index is 11.4. The molecule has 0 spiro atoms. The molecule has 13 heavy (non-hydrogen) atoms. The molecular formula is C10H21NOS. The van der Waals surface area contributed by atoms with Gasteiger partial charge in [0, 0.05) is 18.2 Å². The molecule has 0 radical (unpaired) electrons. The molecule has 0 aliphatic rings. The summed E-state index contributed by atoms with van der Waals surface area (Å²) in [5.74, 6) is 2.37. The quantitative estimate of drug-likeness (QED) is 0.589. The second-order valence-electron chi connectivity index (χ2n) is 3.63.